The number of ether oxygens (including phenoxy) is 1. The number of aromatic nitrogens is 3. The van der Waals surface area contributed by atoms with Crippen molar-refractivity contribution in [3.05, 3.63) is 11.6 Å². The van der Waals surface area contributed by atoms with Crippen LogP contribution in [0.25, 0.3) is 0 Å². The summed E-state index contributed by atoms with van der Waals surface area (Å²) in [7, 11) is 0. The summed E-state index contributed by atoms with van der Waals surface area (Å²) in [5.41, 5.74) is 0. The molecule has 0 radical (unpaired) electrons. The van der Waals surface area contributed by atoms with Gasteiger partial charge in [0, 0.05) is 32.1 Å². The molecule has 3 rings (SSSR count). The van der Waals surface area contributed by atoms with Crippen molar-refractivity contribution in [1.29, 1.82) is 0 Å². The van der Waals surface area contributed by atoms with Gasteiger partial charge in [-0.15, -0.1) is 0 Å². The Bertz CT molecular complexity index is 385. The molecule has 0 spiro atoms. The molecule has 1 aromatic heterocycles. The predicted octanol–water partition coefficient (Wildman–Crippen LogP) is 0.727. The summed E-state index contributed by atoms with van der Waals surface area (Å²) in [4.78, 5) is 4.63. The van der Waals surface area contributed by atoms with E-state index in [4.69, 9.17) is 4.74 Å². The monoisotopic (exact) mass is 237 g/mol. The van der Waals surface area contributed by atoms with Gasteiger partial charge in [0.15, 0.2) is 5.82 Å². The van der Waals surface area contributed by atoms with Gasteiger partial charge in [-0.1, -0.05) is 0 Å². The van der Waals surface area contributed by atoms with E-state index in [9.17, 15) is 5.11 Å². The minimum atomic E-state index is 0.259. The highest BCUT2D eigenvalue weighted by Crippen LogP contribution is 2.25. The lowest BCUT2D eigenvalue weighted by molar-refractivity contribution is 0.0780. The molecule has 2 aliphatic heterocycles. The van der Waals surface area contributed by atoms with Gasteiger partial charge in [0.1, 0.15) is 5.82 Å². The standard InChI is InChI=1S/C12H19N3O2/c16-7-9-3-4-15-11(6-9)13-12(14-15)10-2-1-5-17-8-10/h9-10,16H,1-8H2. The zero-order chi connectivity index (χ0) is 11.7. The van der Waals surface area contributed by atoms with Crippen molar-refractivity contribution in [1.82, 2.24) is 14.8 Å². The van der Waals surface area contributed by atoms with Crippen molar-refractivity contribution in [2.45, 2.75) is 38.1 Å². The highest BCUT2D eigenvalue weighted by molar-refractivity contribution is 5.03. The normalized spacial score (nSPS) is 29.0. The third-order valence-corrected chi connectivity index (χ3v) is 3.77. The van der Waals surface area contributed by atoms with Gasteiger partial charge in [0.25, 0.3) is 0 Å². The van der Waals surface area contributed by atoms with E-state index < -0.39 is 0 Å². The molecule has 2 aliphatic rings. The summed E-state index contributed by atoms with van der Waals surface area (Å²) >= 11 is 0. The van der Waals surface area contributed by atoms with Crippen molar-refractivity contribution in [2.75, 3.05) is 19.8 Å². The van der Waals surface area contributed by atoms with E-state index >= 15 is 0 Å². The van der Waals surface area contributed by atoms with Crippen molar-refractivity contribution in [2.24, 2.45) is 5.92 Å². The Balaban J connectivity index is 1.77. The van der Waals surface area contributed by atoms with Crippen LogP contribution in [0, 0.1) is 5.92 Å². The van der Waals surface area contributed by atoms with E-state index in [0.717, 1.165) is 57.1 Å². The Morgan fingerprint density at radius 2 is 2.35 bits per heavy atom. The van der Waals surface area contributed by atoms with Gasteiger partial charge in [-0.25, -0.2) is 9.67 Å². The third-order valence-electron chi connectivity index (χ3n) is 3.77. The quantitative estimate of drug-likeness (QED) is 0.823. The molecule has 5 heteroatoms. The number of aliphatic hydroxyl groups excluding tert-OH is 1. The fraction of sp³-hybridized carbons (Fsp3) is 0.833. The fourth-order valence-corrected chi connectivity index (χ4v) is 2.66. The molecule has 94 valence electrons. The van der Waals surface area contributed by atoms with Crippen molar-refractivity contribution >= 4 is 0 Å². The molecule has 3 heterocycles. The van der Waals surface area contributed by atoms with Gasteiger partial charge >= 0.3 is 0 Å². The lowest BCUT2D eigenvalue weighted by Crippen LogP contribution is -2.22. The number of rotatable bonds is 2. The molecule has 1 saturated heterocycles. The zero-order valence-corrected chi connectivity index (χ0v) is 10.0. The van der Waals surface area contributed by atoms with Crippen LogP contribution in [-0.2, 0) is 17.7 Å². The molecule has 0 aliphatic carbocycles. The first kappa shape index (κ1) is 11.2. The first-order valence-electron chi connectivity index (χ1n) is 6.49. The average Bonchev–Trinajstić information content (AvgIpc) is 2.82. The zero-order valence-electron chi connectivity index (χ0n) is 10.0. The summed E-state index contributed by atoms with van der Waals surface area (Å²) < 4.78 is 7.49. The summed E-state index contributed by atoms with van der Waals surface area (Å²) in [6, 6.07) is 0. The van der Waals surface area contributed by atoms with Crippen LogP contribution in [0.2, 0.25) is 0 Å². The molecule has 1 fully saturated rings. The van der Waals surface area contributed by atoms with E-state index in [1.54, 1.807) is 0 Å². The Labute approximate surface area is 101 Å². The van der Waals surface area contributed by atoms with Gasteiger partial charge in [0.2, 0.25) is 0 Å². The maximum atomic E-state index is 9.19. The second kappa shape index (κ2) is 4.74. The molecule has 2 atom stereocenters. The maximum absolute atomic E-state index is 9.19. The third kappa shape index (κ3) is 2.21. The number of aryl methyl sites for hydroxylation is 1. The van der Waals surface area contributed by atoms with Gasteiger partial charge in [-0.3, -0.25) is 0 Å². The van der Waals surface area contributed by atoms with Crippen molar-refractivity contribution in [3.63, 3.8) is 0 Å². The van der Waals surface area contributed by atoms with Crippen LogP contribution in [0.5, 0.6) is 0 Å². The first-order chi connectivity index (χ1) is 8.36. The van der Waals surface area contributed by atoms with Gasteiger partial charge in [-0.2, -0.15) is 5.10 Å². The van der Waals surface area contributed by atoms with Crippen LogP contribution in [0.4, 0.5) is 0 Å². The van der Waals surface area contributed by atoms with Crippen LogP contribution >= 0.6 is 0 Å². The van der Waals surface area contributed by atoms with Gasteiger partial charge in [-0.05, 0) is 25.2 Å². The second-order valence-electron chi connectivity index (χ2n) is 5.06. The summed E-state index contributed by atoms with van der Waals surface area (Å²) in [6.45, 7) is 2.78. The molecule has 0 amide bonds. The van der Waals surface area contributed by atoms with E-state index in [1.807, 2.05) is 4.68 Å². The van der Waals surface area contributed by atoms with E-state index in [0.29, 0.717) is 11.8 Å². The first-order valence-corrected chi connectivity index (χ1v) is 6.49. The summed E-state index contributed by atoms with van der Waals surface area (Å²) in [5, 5.41) is 13.8. The molecule has 1 N–H and O–H groups in total. The largest absolute Gasteiger partial charge is 0.396 e. The van der Waals surface area contributed by atoms with E-state index in [1.165, 1.54) is 0 Å². The van der Waals surface area contributed by atoms with Crippen LogP contribution in [0.1, 0.15) is 36.8 Å². The molecule has 2 unspecified atom stereocenters. The highest BCUT2D eigenvalue weighted by Gasteiger charge is 2.25. The molecule has 1 aromatic rings. The second-order valence-corrected chi connectivity index (χ2v) is 5.06. The summed E-state index contributed by atoms with van der Waals surface area (Å²) in [5.74, 6) is 2.71. The number of hydrogen-bond acceptors (Lipinski definition) is 4. The van der Waals surface area contributed by atoms with Crippen LogP contribution in [-0.4, -0.2) is 39.7 Å². The average molecular weight is 237 g/mol. The van der Waals surface area contributed by atoms with Crippen LogP contribution < -0.4 is 0 Å². The molecular weight excluding hydrogens is 218 g/mol. The molecular formula is C12H19N3O2. The minimum absolute atomic E-state index is 0.259. The molecule has 0 bridgehead atoms. The smallest absolute Gasteiger partial charge is 0.156 e. The van der Waals surface area contributed by atoms with Crippen molar-refractivity contribution in [3.8, 4) is 0 Å². The summed E-state index contributed by atoms with van der Waals surface area (Å²) in [6.07, 6.45) is 4.10. The molecule has 5 nitrogen and oxygen atoms in total. The molecule has 17 heavy (non-hydrogen) atoms. The van der Waals surface area contributed by atoms with Crippen LogP contribution in [0.3, 0.4) is 0 Å². The Morgan fingerprint density at radius 1 is 1.41 bits per heavy atom. The maximum Gasteiger partial charge on any atom is 0.156 e. The lowest BCUT2D eigenvalue weighted by Gasteiger charge is -2.19. The molecule has 0 saturated carbocycles. The van der Waals surface area contributed by atoms with Crippen molar-refractivity contribution < 1.29 is 9.84 Å². The van der Waals surface area contributed by atoms with E-state index in [2.05, 4.69) is 10.1 Å². The fourth-order valence-electron chi connectivity index (χ4n) is 2.66. The Morgan fingerprint density at radius 3 is 3.12 bits per heavy atom. The Hall–Kier alpha value is -0.940. The number of aliphatic hydroxyl groups is 1. The topological polar surface area (TPSA) is 60.2 Å². The SMILES string of the molecule is OCC1CCn2nc(C3CCCOC3)nc2C1. The van der Waals surface area contributed by atoms with E-state index in [-0.39, 0.29) is 6.61 Å². The Kier molecular flexibility index (Phi) is 3.11. The molecule has 0 aromatic carbocycles. The minimum Gasteiger partial charge on any atom is -0.396 e. The van der Waals surface area contributed by atoms with Crippen LogP contribution in [0.15, 0.2) is 0 Å². The number of fused-ring (bicyclic) bond motifs is 1. The number of nitrogens with zero attached hydrogens (tertiary/aromatic N) is 3. The highest BCUT2D eigenvalue weighted by atomic mass is 16.5. The predicted molar refractivity (Wildman–Crippen MR) is 61.7 cm³/mol. The van der Waals surface area contributed by atoms with Gasteiger partial charge < -0.3 is 9.84 Å². The van der Waals surface area contributed by atoms with Gasteiger partial charge in [0.05, 0.1) is 6.61 Å². The number of hydrogen-bond donors (Lipinski definition) is 1. The lowest BCUT2D eigenvalue weighted by atomic mass is 9.99.